The van der Waals surface area contributed by atoms with E-state index in [0.717, 1.165) is 13.1 Å². The maximum atomic E-state index is 9.13. The highest BCUT2D eigenvalue weighted by molar-refractivity contribution is 7.99. The molecule has 2 N–H and O–H groups in total. The highest BCUT2D eigenvalue weighted by atomic mass is 32.2. The first-order chi connectivity index (χ1) is 6.36. The topological polar surface area (TPSA) is 32.3 Å². The molecule has 1 aliphatic rings. The van der Waals surface area contributed by atoms with Crippen LogP contribution in [0, 0.1) is 0 Å². The van der Waals surface area contributed by atoms with Gasteiger partial charge < -0.3 is 10.4 Å². The van der Waals surface area contributed by atoms with Crippen molar-refractivity contribution in [3.63, 3.8) is 0 Å². The molecule has 2 rings (SSSR count). The summed E-state index contributed by atoms with van der Waals surface area (Å²) in [5.74, 6) is 1.52. The summed E-state index contributed by atoms with van der Waals surface area (Å²) in [5.41, 5.74) is 1.30. The first kappa shape index (κ1) is 8.91. The van der Waals surface area contributed by atoms with E-state index in [1.54, 1.807) is 12.1 Å². The molecule has 1 unspecified atom stereocenters. The van der Waals surface area contributed by atoms with Gasteiger partial charge in [-0.25, -0.2) is 0 Å². The number of phenols is 1. The van der Waals surface area contributed by atoms with E-state index >= 15 is 0 Å². The Morgan fingerprint density at radius 1 is 1.31 bits per heavy atom. The molecule has 0 aliphatic carbocycles. The molecule has 0 saturated carbocycles. The maximum absolute atomic E-state index is 9.13. The van der Waals surface area contributed by atoms with Gasteiger partial charge in [-0.15, -0.1) is 0 Å². The summed E-state index contributed by atoms with van der Waals surface area (Å²) < 4.78 is 0. The fourth-order valence-corrected chi connectivity index (χ4v) is 2.60. The molecule has 1 saturated heterocycles. The van der Waals surface area contributed by atoms with E-state index in [2.05, 4.69) is 5.32 Å². The molecule has 2 nitrogen and oxygen atoms in total. The number of benzene rings is 1. The molecule has 1 aromatic rings. The lowest BCUT2D eigenvalue weighted by molar-refractivity contribution is 0.475. The van der Waals surface area contributed by atoms with Crippen molar-refractivity contribution < 1.29 is 5.11 Å². The van der Waals surface area contributed by atoms with Crippen LogP contribution in [0.2, 0.25) is 0 Å². The standard InChI is InChI=1S/C10H13NOS/c12-9-3-1-8(2-4-9)10-7-11-5-6-13-10/h1-4,10-12H,5-7H2. The number of nitrogens with one attached hydrogen (secondary N) is 1. The molecule has 0 bridgehead atoms. The highest BCUT2D eigenvalue weighted by Crippen LogP contribution is 2.30. The quantitative estimate of drug-likeness (QED) is 0.716. The first-order valence-corrected chi connectivity index (χ1v) is 5.52. The summed E-state index contributed by atoms with van der Waals surface area (Å²) in [5, 5.41) is 13.0. The van der Waals surface area contributed by atoms with Crippen LogP contribution in [0.4, 0.5) is 0 Å². The Balaban J connectivity index is 2.10. The van der Waals surface area contributed by atoms with Gasteiger partial charge in [-0.3, -0.25) is 0 Å². The molecule has 0 radical (unpaired) electrons. The summed E-state index contributed by atoms with van der Waals surface area (Å²) in [6, 6.07) is 7.51. The van der Waals surface area contributed by atoms with E-state index in [-0.39, 0.29) is 0 Å². The van der Waals surface area contributed by atoms with Crippen LogP contribution in [0.15, 0.2) is 24.3 Å². The second kappa shape index (κ2) is 4.03. The normalized spacial score (nSPS) is 22.9. The van der Waals surface area contributed by atoms with E-state index in [0.29, 0.717) is 11.0 Å². The molecule has 1 atom stereocenters. The summed E-state index contributed by atoms with van der Waals surface area (Å²) in [7, 11) is 0. The molecule has 0 aromatic heterocycles. The van der Waals surface area contributed by atoms with Crippen molar-refractivity contribution in [2.45, 2.75) is 5.25 Å². The molecule has 1 fully saturated rings. The molecule has 13 heavy (non-hydrogen) atoms. The second-order valence-electron chi connectivity index (χ2n) is 3.16. The Hall–Kier alpha value is -0.670. The van der Waals surface area contributed by atoms with Crippen LogP contribution in [0.3, 0.4) is 0 Å². The van der Waals surface area contributed by atoms with Crippen molar-refractivity contribution in [3.8, 4) is 5.75 Å². The van der Waals surface area contributed by atoms with Crippen LogP contribution in [0.25, 0.3) is 0 Å². The number of hydrogen-bond donors (Lipinski definition) is 2. The number of phenolic OH excluding ortho intramolecular Hbond substituents is 1. The van der Waals surface area contributed by atoms with Gasteiger partial charge in [0, 0.05) is 24.1 Å². The zero-order valence-electron chi connectivity index (χ0n) is 7.36. The molecule has 0 spiro atoms. The summed E-state index contributed by atoms with van der Waals surface area (Å²) >= 11 is 1.98. The van der Waals surface area contributed by atoms with Crippen LogP contribution in [0.1, 0.15) is 10.8 Å². The third-order valence-electron chi connectivity index (χ3n) is 2.19. The fourth-order valence-electron chi connectivity index (χ4n) is 1.47. The lowest BCUT2D eigenvalue weighted by Crippen LogP contribution is -2.27. The minimum Gasteiger partial charge on any atom is -0.508 e. The third-order valence-corrected chi connectivity index (χ3v) is 3.47. The van der Waals surface area contributed by atoms with Gasteiger partial charge >= 0.3 is 0 Å². The molecular formula is C10H13NOS. The largest absolute Gasteiger partial charge is 0.508 e. The minimum absolute atomic E-state index is 0.345. The number of hydrogen-bond acceptors (Lipinski definition) is 3. The van der Waals surface area contributed by atoms with Crippen molar-refractivity contribution in [1.82, 2.24) is 5.32 Å². The molecule has 3 heteroatoms. The van der Waals surface area contributed by atoms with E-state index in [1.165, 1.54) is 11.3 Å². The molecule has 1 heterocycles. The van der Waals surface area contributed by atoms with Gasteiger partial charge in [-0.05, 0) is 17.7 Å². The van der Waals surface area contributed by atoms with Gasteiger partial charge in [0.25, 0.3) is 0 Å². The van der Waals surface area contributed by atoms with Crippen molar-refractivity contribution in [2.75, 3.05) is 18.8 Å². The number of rotatable bonds is 1. The zero-order chi connectivity index (χ0) is 9.10. The second-order valence-corrected chi connectivity index (χ2v) is 4.47. The Kier molecular flexibility index (Phi) is 2.76. The van der Waals surface area contributed by atoms with E-state index in [9.17, 15) is 0 Å². The van der Waals surface area contributed by atoms with Gasteiger partial charge in [-0.2, -0.15) is 11.8 Å². The zero-order valence-corrected chi connectivity index (χ0v) is 8.18. The predicted octanol–water partition coefficient (Wildman–Crippen LogP) is 1.77. The maximum Gasteiger partial charge on any atom is 0.115 e. The molecule has 1 aromatic carbocycles. The number of aromatic hydroxyl groups is 1. The average Bonchev–Trinajstić information content (AvgIpc) is 2.20. The predicted molar refractivity (Wildman–Crippen MR) is 56.2 cm³/mol. The Morgan fingerprint density at radius 2 is 2.08 bits per heavy atom. The summed E-state index contributed by atoms with van der Waals surface area (Å²) in [6.45, 7) is 2.15. The van der Waals surface area contributed by atoms with Gasteiger partial charge in [0.15, 0.2) is 0 Å². The number of thioether (sulfide) groups is 1. The van der Waals surface area contributed by atoms with Crippen molar-refractivity contribution in [2.24, 2.45) is 0 Å². The SMILES string of the molecule is Oc1ccc(C2CNCCS2)cc1. The van der Waals surface area contributed by atoms with Crippen LogP contribution in [-0.2, 0) is 0 Å². The fraction of sp³-hybridized carbons (Fsp3) is 0.400. The lowest BCUT2D eigenvalue weighted by Gasteiger charge is -2.22. The van der Waals surface area contributed by atoms with Crippen LogP contribution in [0.5, 0.6) is 5.75 Å². The summed E-state index contributed by atoms with van der Waals surface area (Å²) in [4.78, 5) is 0. The highest BCUT2D eigenvalue weighted by Gasteiger charge is 2.14. The third kappa shape index (κ3) is 2.17. The van der Waals surface area contributed by atoms with E-state index < -0.39 is 0 Å². The monoisotopic (exact) mass is 195 g/mol. The van der Waals surface area contributed by atoms with E-state index in [1.807, 2.05) is 23.9 Å². The average molecular weight is 195 g/mol. The van der Waals surface area contributed by atoms with Crippen molar-refractivity contribution in [1.29, 1.82) is 0 Å². The van der Waals surface area contributed by atoms with Crippen LogP contribution < -0.4 is 5.32 Å². The minimum atomic E-state index is 0.345. The smallest absolute Gasteiger partial charge is 0.115 e. The van der Waals surface area contributed by atoms with Crippen molar-refractivity contribution >= 4 is 11.8 Å². The van der Waals surface area contributed by atoms with Crippen molar-refractivity contribution in [3.05, 3.63) is 29.8 Å². The van der Waals surface area contributed by atoms with Gasteiger partial charge in [-0.1, -0.05) is 12.1 Å². The molecule has 70 valence electrons. The molecule has 1 aliphatic heterocycles. The Morgan fingerprint density at radius 3 is 2.69 bits per heavy atom. The lowest BCUT2D eigenvalue weighted by atomic mass is 10.1. The Labute approximate surface area is 82.4 Å². The summed E-state index contributed by atoms with van der Waals surface area (Å²) in [6.07, 6.45) is 0. The van der Waals surface area contributed by atoms with Gasteiger partial charge in [0.2, 0.25) is 0 Å². The Bertz CT molecular complexity index is 267. The molecular weight excluding hydrogens is 182 g/mol. The van der Waals surface area contributed by atoms with Gasteiger partial charge in [0.1, 0.15) is 5.75 Å². The van der Waals surface area contributed by atoms with E-state index in [4.69, 9.17) is 5.11 Å². The molecule has 0 amide bonds. The van der Waals surface area contributed by atoms with Gasteiger partial charge in [0.05, 0.1) is 0 Å². The van der Waals surface area contributed by atoms with Crippen LogP contribution in [-0.4, -0.2) is 23.9 Å². The first-order valence-electron chi connectivity index (χ1n) is 4.47. The van der Waals surface area contributed by atoms with Crippen LogP contribution >= 0.6 is 11.8 Å².